The average molecular weight is 326 g/mol. The van der Waals surface area contributed by atoms with Gasteiger partial charge in [-0.25, -0.2) is 4.39 Å². The zero-order valence-corrected chi connectivity index (χ0v) is 13.7. The maximum absolute atomic E-state index is 12.8. The van der Waals surface area contributed by atoms with Crippen LogP contribution in [0.2, 0.25) is 0 Å². The molecule has 0 aliphatic carbocycles. The van der Waals surface area contributed by atoms with Gasteiger partial charge in [-0.1, -0.05) is 12.1 Å². The number of hydrogen-bond donors (Lipinski definition) is 2. The third kappa shape index (κ3) is 4.97. The van der Waals surface area contributed by atoms with Crippen molar-refractivity contribution in [2.45, 2.75) is 25.0 Å². The quantitative estimate of drug-likeness (QED) is 0.834. The summed E-state index contributed by atoms with van der Waals surface area (Å²) < 4.78 is 12.8. The van der Waals surface area contributed by atoms with Crippen molar-refractivity contribution >= 4 is 17.7 Å². The highest BCUT2D eigenvalue weighted by Gasteiger charge is 2.36. The van der Waals surface area contributed by atoms with Crippen molar-refractivity contribution in [3.05, 3.63) is 35.6 Å². The highest BCUT2D eigenvalue weighted by molar-refractivity contribution is 7.99. The minimum atomic E-state index is -1.19. The minimum Gasteiger partial charge on any atom is -0.380 e. The third-order valence-corrected chi connectivity index (χ3v) is 4.87. The van der Waals surface area contributed by atoms with Gasteiger partial charge in [0, 0.05) is 19.6 Å². The lowest BCUT2D eigenvalue weighted by Crippen LogP contribution is -2.50. The van der Waals surface area contributed by atoms with Gasteiger partial charge >= 0.3 is 0 Å². The van der Waals surface area contributed by atoms with Gasteiger partial charge in [0.25, 0.3) is 5.91 Å². The van der Waals surface area contributed by atoms with Gasteiger partial charge in [0.2, 0.25) is 0 Å². The molecule has 0 atom stereocenters. The first-order valence-corrected chi connectivity index (χ1v) is 8.66. The number of aliphatic hydroxyl groups is 1. The van der Waals surface area contributed by atoms with Crippen LogP contribution in [0, 0.1) is 5.82 Å². The summed E-state index contributed by atoms with van der Waals surface area (Å²) in [5.41, 5.74) is -0.168. The molecule has 1 saturated heterocycles. The molecular formula is C16H23FN2O2S. The standard InChI is InChI=1S/C16H23FN2O2S/c1-19(12-13-2-4-14(17)5-3-13)9-8-18-15(20)16(21)6-10-22-11-7-16/h2-5,21H,6-12H2,1H3,(H,18,20). The number of thioether (sulfide) groups is 1. The molecule has 122 valence electrons. The molecular weight excluding hydrogens is 303 g/mol. The molecule has 2 N–H and O–H groups in total. The van der Waals surface area contributed by atoms with Crippen molar-refractivity contribution < 1.29 is 14.3 Å². The molecule has 2 rings (SSSR count). The number of carbonyl (C=O) groups excluding carboxylic acids is 1. The Kier molecular flexibility index (Phi) is 6.23. The van der Waals surface area contributed by atoms with Gasteiger partial charge in [0.05, 0.1) is 0 Å². The molecule has 0 radical (unpaired) electrons. The van der Waals surface area contributed by atoms with Gasteiger partial charge in [-0.2, -0.15) is 11.8 Å². The number of rotatable bonds is 6. The molecule has 4 nitrogen and oxygen atoms in total. The SMILES string of the molecule is CN(CCNC(=O)C1(O)CCSCC1)Cc1ccc(F)cc1. The molecule has 1 aliphatic heterocycles. The largest absolute Gasteiger partial charge is 0.380 e. The van der Waals surface area contributed by atoms with Crippen LogP contribution in [0.25, 0.3) is 0 Å². The Bertz CT molecular complexity index is 489. The Hall–Kier alpha value is -1.11. The van der Waals surface area contributed by atoms with Gasteiger partial charge < -0.3 is 15.3 Å². The first-order chi connectivity index (χ1) is 10.5. The summed E-state index contributed by atoms with van der Waals surface area (Å²) in [6.45, 7) is 1.86. The smallest absolute Gasteiger partial charge is 0.252 e. The number of carbonyl (C=O) groups is 1. The molecule has 0 aromatic heterocycles. The fourth-order valence-electron chi connectivity index (χ4n) is 2.44. The van der Waals surface area contributed by atoms with Crippen molar-refractivity contribution in [1.29, 1.82) is 0 Å². The second-order valence-corrected chi connectivity index (χ2v) is 6.99. The van der Waals surface area contributed by atoms with E-state index in [2.05, 4.69) is 5.32 Å². The van der Waals surface area contributed by atoms with Crippen molar-refractivity contribution in [2.24, 2.45) is 0 Å². The fraction of sp³-hybridized carbons (Fsp3) is 0.562. The van der Waals surface area contributed by atoms with E-state index in [0.717, 1.165) is 17.1 Å². The maximum Gasteiger partial charge on any atom is 0.252 e. The monoisotopic (exact) mass is 326 g/mol. The van der Waals surface area contributed by atoms with Crippen LogP contribution in [-0.4, -0.2) is 53.2 Å². The number of halogens is 1. The molecule has 0 spiro atoms. The summed E-state index contributed by atoms with van der Waals surface area (Å²) in [5, 5.41) is 13.1. The molecule has 1 aromatic carbocycles. The number of likely N-dealkylation sites (N-methyl/N-ethyl adjacent to an activating group) is 1. The van der Waals surface area contributed by atoms with E-state index in [9.17, 15) is 14.3 Å². The molecule has 0 unspecified atom stereocenters. The zero-order valence-electron chi connectivity index (χ0n) is 12.8. The summed E-state index contributed by atoms with van der Waals surface area (Å²) >= 11 is 1.77. The van der Waals surface area contributed by atoms with Crippen LogP contribution in [-0.2, 0) is 11.3 Å². The van der Waals surface area contributed by atoms with Gasteiger partial charge in [-0.3, -0.25) is 4.79 Å². The Labute approximate surface area is 135 Å². The third-order valence-electron chi connectivity index (χ3n) is 3.89. The average Bonchev–Trinajstić information content (AvgIpc) is 2.50. The van der Waals surface area contributed by atoms with E-state index >= 15 is 0 Å². The van der Waals surface area contributed by atoms with Gasteiger partial charge in [0.1, 0.15) is 11.4 Å². The first-order valence-electron chi connectivity index (χ1n) is 7.51. The van der Waals surface area contributed by atoms with E-state index in [0.29, 0.717) is 32.5 Å². The predicted molar refractivity (Wildman–Crippen MR) is 87.3 cm³/mol. The Morgan fingerprint density at radius 1 is 1.36 bits per heavy atom. The number of benzene rings is 1. The molecule has 0 saturated carbocycles. The van der Waals surface area contributed by atoms with Gasteiger partial charge in [-0.15, -0.1) is 0 Å². The minimum absolute atomic E-state index is 0.238. The van der Waals surface area contributed by atoms with Crippen LogP contribution < -0.4 is 5.32 Å². The highest BCUT2D eigenvalue weighted by atomic mass is 32.2. The van der Waals surface area contributed by atoms with Crippen LogP contribution in [0.15, 0.2) is 24.3 Å². The summed E-state index contributed by atoms with van der Waals surface area (Å²) in [5.74, 6) is 1.16. The number of amides is 1. The lowest BCUT2D eigenvalue weighted by Gasteiger charge is -2.30. The summed E-state index contributed by atoms with van der Waals surface area (Å²) in [6, 6.07) is 6.41. The van der Waals surface area contributed by atoms with E-state index in [1.807, 2.05) is 11.9 Å². The number of nitrogens with one attached hydrogen (secondary N) is 1. The maximum atomic E-state index is 12.8. The summed E-state index contributed by atoms with van der Waals surface area (Å²) in [7, 11) is 1.95. The topological polar surface area (TPSA) is 52.6 Å². The normalized spacial score (nSPS) is 17.5. The Morgan fingerprint density at radius 3 is 2.64 bits per heavy atom. The lowest BCUT2D eigenvalue weighted by molar-refractivity contribution is -0.140. The fourth-order valence-corrected chi connectivity index (χ4v) is 3.61. The summed E-state index contributed by atoms with van der Waals surface area (Å²) in [4.78, 5) is 14.1. The van der Waals surface area contributed by atoms with Crippen LogP contribution >= 0.6 is 11.8 Å². The van der Waals surface area contributed by atoms with E-state index in [4.69, 9.17) is 0 Å². The molecule has 6 heteroatoms. The van der Waals surface area contributed by atoms with E-state index in [1.165, 1.54) is 12.1 Å². The molecule has 1 heterocycles. The van der Waals surface area contributed by atoms with Crippen LogP contribution in [0.5, 0.6) is 0 Å². The number of hydrogen-bond acceptors (Lipinski definition) is 4. The second-order valence-electron chi connectivity index (χ2n) is 5.76. The van der Waals surface area contributed by atoms with Crippen molar-refractivity contribution in [2.75, 3.05) is 31.6 Å². The van der Waals surface area contributed by atoms with Crippen LogP contribution in [0.4, 0.5) is 4.39 Å². The molecule has 22 heavy (non-hydrogen) atoms. The van der Waals surface area contributed by atoms with Gasteiger partial charge in [-0.05, 0) is 49.1 Å². The second kappa shape index (κ2) is 7.94. The van der Waals surface area contributed by atoms with Crippen molar-refractivity contribution in [1.82, 2.24) is 10.2 Å². The van der Waals surface area contributed by atoms with Crippen molar-refractivity contribution in [3.63, 3.8) is 0 Å². The first kappa shape index (κ1) is 17.2. The Balaban J connectivity index is 1.71. The lowest BCUT2D eigenvalue weighted by atomic mass is 9.96. The highest BCUT2D eigenvalue weighted by Crippen LogP contribution is 2.26. The van der Waals surface area contributed by atoms with Gasteiger partial charge in [0.15, 0.2) is 0 Å². The van der Waals surface area contributed by atoms with E-state index < -0.39 is 5.60 Å². The zero-order chi connectivity index (χ0) is 16.0. The molecule has 1 aliphatic rings. The predicted octanol–water partition coefficient (Wildman–Crippen LogP) is 1.63. The molecule has 0 bridgehead atoms. The Morgan fingerprint density at radius 2 is 2.00 bits per heavy atom. The van der Waals surface area contributed by atoms with E-state index in [1.54, 1.807) is 23.9 Å². The molecule has 1 amide bonds. The van der Waals surface area contributed by atoms with Crippen molar-refractivity contribution in [3.8, 4) is 0 Å². The van der Waals surface area contributed by atoms with E-state index in [-0.39, 0.29) is 11.7 Å². The van der Waals surface area contributed by atoms with Crippen LogP contribution in [0.3, 0.4) is 0 Å². The summed E-state index contributed by atoms with van der Waals surface area (Å²) in [6.07, 6.45) is 1.05. The number of nitrogens with zero attached hydrogens (tertiary/aromatic N) is 1. The molecule has 1 fully saturated rings. The molecule has 1 aromatic rings. The van der Waals surface area contributed by atoms with Crippen LogP contribution in [0.1, 0.15) is 18.4 Å².